The van der Waals surface area contributed by atoms with Crippen molar-refractivity contribution in [1.29, 1.82) is 0 Å². The number of phenols is 1. The van der Waals surface area contributed by atoms with E-state index in [4.69, 9.17) is 11.6 Å². The smallest absolute Gasteiger partial charge is 0.253 e. The molecule has 5 rings (SSSR count). The maximum Gasteiger partial charge on any atom is 0.253 e. The highest BCUT2D eigenvalue weighted by Crippen LogP contribution is 2.34. The number of aryl methyl sites for hydroxylation is 1. The Bertz CT molecular complexity index is 1370. The lowest BCUT2D eigenvalue weighted by Crippen LogP contribution is -2.46. The third kappa shape index (κ3) is 4.50. The summed E-state index contributed by atoms with van der Waals surface area (Å²) in [5.74, 6) is 0.533. The summed E-state index contributed by atoms with van der Waals surface area (Å²) in [6.45, 7) is 5.00. The van der Waals surface area contributed by atoms with E-state index in [0.29, 0.717) is 46.2 Å². The van der Waals surface area contributed by atoms with Crippen LogP contribution in [0.2, 0.25) is 5.02 Å². The van der Waals surface area contributed by atoms with Crippen LogP contribution in [0.1, 0.15) is 15.9 Å². The summed E-state index contributed by atoms with van der Waals surface area (Å²) in [5.41, 5.74) is 5.02. The lowest BCUT2D eigenvalue weighted by Gasteiger charge is -2.27. The van der Waals surface area contributed by atoms with E-state index in [9.17, 15) is 9.90 Å². The van der Waals surface area contributed by atoms with Crippen LogP contribution >= 0.6 is 11.6 Å². The van der Waals surface area contributed by atoms with Gasteiger partial charge in [0.15, 0.2) is 0 Å². The molecule has 1 saturated heterocycles. The van der Waals surface area contributed by atoms with Gasteiger partial charge in [-0.15, -0.1) is 10.2 Å². The second-order valence-electron chi connectivity index (χ2n) is 8.20. The summed E-state index contributed by atoms with van der Waals surface area (Å²) in [5, 5.41) is 25.7. The van der Waals surface area contributed by atoms with Gasteiger partial charge >= 0.3 is 0 Å². The molecule has 172 valence electrons. The van der Waals surface area contributed by atoms with Crippen molar-refractivity contribution in [3.8, 4) is 16.9 Å². The van der Waals surface area contributed by atoms with Crippen LogP contribution in [0.15, 0.2) is 54.6 Å². The predicted octanol–water partition coefficient (Wildman–Crippen LogP) is 4.15. The molecule has 0 unspecified atom stereocenters. The van der Waals surface area contributed by atoms with Crippen LogP contribution in [-0.4, -0.2) is 57.3 Å². The van der Waals surface area contributed by atoms with Crippen molar-refractivity contribution < 1.29 is 9.90 Å². The number of phenolic OH excluding ortho intramolecular Hbond substituents is 1. The molecule has 0 bridgehead atoms. The first kappa shape index (κ1) is 22.1. The third-order valence-corrected chi connectivity index (χ3v) is 6.05. The summed E-state index contributed by atoms with van der Waals surface area (Å²) >= 11 is 6.11. The van der Waals surface area contributed by atoms with Gasteiger partial charge in [0, 0.05) is 48.0 Å². The first-order chi connectivity index (χ1) is 16.5. The molecule has 0 saturated carbocycles. The van der Waals surface area contributed by atoms with Gasteiger partial charge in [0.2, 0.25) is 5.95 Å². The van der Waals surface area contributed by atoms with Crippen LogP contribution in [0.4, 0.5) is 11.6 Å². The minimum Gasteiger partial charge on any atom is -0.507 e. The van der Waals surface area contributed by atoms with Gasteiger partial charge in [0.1, 0.15) is 11.3 Å². The number of anilines is 2. The second kappa shape index (κ2) is 9.24. The van der Waals surface area contributed by atoms with Crippen LogP contribution in [-0.2, 0) is 0 Å². The van der Waals surface area contributed by atoms with E-state index in [1.54, 1.807) is 30.3 Å². The summed E-state index contributed by atoms with van der Waals surface area (Å²) < 4.78 is 0. The van der Waals surface area contributed by atoms with E-state index in [0.717, 1.165) is 29.9 Å². The number of hydrogen-bond donors (Lipinski definition) is 3. The highest BCUT2D eigenvalue weighted by atomic mass is 35.5. The Morgan fingerprint density at radius 3 is 2.59 bits per heavy atom. The van der Waals surface area contributed by atoms with E-state index in [-0.39, 0.29) is 11.7 Å². The van der Waals surface area contributed by atoms with Crippen molar-refractivity contribution in [2.45, 2.75) is 6.92 Å². The van der Waals surface area contributed by atoms with Crippen molar-refractivity contribution in [2.75, 3.05) is 31.5 Å². The fourth-order valence-electron chi connectivity index (χ4n) is 4.04. The van der Waals surface area contributed by atoms with Crippen LogP contribution in [0.5, 0.6) is 5.75 Å². The summed E-state index contributed by atoms with van der Waals surface area (Å²) in [6, 6.07) is 16.0. The Balaban J connectivity index is 1.37. The Kier molecular flexibility index (Phi) is 6.00. The molecular weight excluding hydrogens is 452 g/mol. The minimum atomic E-state index is 0.0360. The number of carbonyl (C=O) groups excluding carboxylic acids is 1. The Morgan fingerprint density at radius 1 is 1.06 bits per heavy atom. The molecular formula is C25H23ClN6O2. The Morgan fingerprint density at radius 2 is 1.82 bits per heavy atom. The molecule has 4 aromatic rings. The maximum absolute atomic E-state index is 12.6. The number of nitrogens with one attached hydrogen (secondary N) is 2. The number of rotatable bonds is 4. The molecule has 0 atom stereocenters. The highest BCUT2D eigenvalue weighted by molar-refractivity contribution is 6.31. The molecule has 1 aliphatic rings. The average molecular weight is 475 g/mol. The van der Waals surface area contributed by atoms with E-state index in [1.165, 1.54) is 0 Å². The molecule has 3 N–H and O–H groups in total. The number of piperazine rings is 1. The van der Waals surface area contributed by atoms with Crippen molar-refractivity contribution in [2.24, 2.45) is 0 Å². The van der Waals surface area contributed by atoms with Gasteiger partial charge < -0.3 is 20.6 Å². The number of halogens is 1. The molecule has 0 radical (unpaired) electrons. The third-order valence-electron chi connectivity index (χ3n) is 5.81. The zero-order chi connectivity index (χ0) is 23.7. The SMILES string of the molecule is Cc1cc(-c2cc(Cl)ccc2O)cc2nnc(Nc3ccc(C(=O)N4CCNCC4)cc3)nc12. The average Bonchev–Trinajstić information content (AvgIpc) is 2.86. The van der Waals surface area contributed by atoms with Gasteiger partial charge in [0.05, 0.1) is 5.52 Å². The number of amides is 1. The fraction of sp³-hybridized carbons (Fsp3) is 0.200. The topological polar surface area (TPSA) is 103 Å². The Labute approximate surface area is 201 Å². The van der Waals surface area contributed by atoms with Crippen LogP contribution in [0.25, 0.3) is 22.2 Å². The van der Waals surface area contributed by atoms with E-state index in [1.807, 2.05) is 36.1 Å². The molecule has 8 nitrogen and oxygen atoms in total. The summed E-state index contributed by atoms with van der Waals surface area (Å²) in [4.78, 5) is 19.1. The lowest BCUT2D eigenvalue weighted by molar-refractivity contribution is 0.0736. The first-order valence-corrected chi connectivity index (χ1v) is 11.4. The zero-order valence-electron chi connectivity index (χ0n) is 18.5. The van der Waals surface area contributed by atoms with Gasteiger partial charge in [-0.05, 0) is 72.6 Å². The number of carbonyl (C=O) groups is 1. The van der Waals surface area contributed by atoms with Crippen molar-refractivity contribution in [1.82, 2.24) is 25.4 Å². The predicted molar refractivity (Wildman–Crippen MR) is 133 cm³/mol. The van der Waals surface area contributed by atoms with Crippen molar-refractivity contribution >= 4 is 40.2 Å². The molecule has 2 heterocycles. The second-order valence-corrected chi connectivity index (χ2v) is 8.64. The summed E-state index contributed by atoms with van der Waals surface area (Å²) in [7, 11) is 0. The van der Waals surface area contributed by atoms with Crippen LogP contribution in [0.3, 0.4) is 0 Å². The standard InChI is InChI=1S/C25H23ClN6O2/c1-15-12-17(20-14-18(26)4-7-22(20)33)13-21-23(15)29-25(31-30-21)28-19-5-2-16(3-6-19)24(34)32-10-8-27-9-11-32/h2-7,12-14,27,33H,8-11H2,1H3,(H,28,29,31). The van der Waals surface area contributed by atoms with Gasteiger partial charge in [0.25, 0.3) is 5.91 Å². The van der Waals surface area contributed by atoms with Crippen LogP contribution < -0.4 is 10.6 Å². The van der Waals surface area contributed by atoms with Crippen molar-refractivity contribution in [3.63, 3.8) is 0 Å². The number of benzene rings is 3. The van der Waals surface area contributed by atoms with Gasteiger partial charge in [-0.1, -0.05) is 11.6 Å². The number of fused-ring (bicyclic) bond motifs is 1. The van der Waals surface area contributed by atoms with E-state index in [2.05, 4.69) is 25.8 Å². The van der Waals surface area contributed by atoms with Gasteiger partial charge in [-0.25, -0.2) is 4.98 Å². The maximum atomic E-state index is 12.6. The van der Waals surface area contributed by atoms with Crippen molar-refractivity contribution in [3.05, 3.63) is 70.7 Å². The molecule has 1 fully saturated rings. The van der Waals surface area contributed by atoms with E-state index < -0.39 is 0 Å². The normalized spacial score (nSPS) is 13.8. The van der Waals surface area contributed by atoms with Crippen LogP contribution in [0, 0.1) is 6.92 Å². The quantitative estimate of drug-likeness (QED) is 0.408. The number of aromatic hydroxyl groups is 1. The molecule has 1 aliphatic heterocycles. The lowest BCUT2D eigenvalue weighted by atomic mass is 10.0. The first-order valence-electron chi connectivity index (χ1n) is 11.0. The molecule has 34 heavy (non-hydrogen) atoms. The molecule has 3 aromatic carbocycles. The van der Waals surface area contributed by atoms with Gasteiger partial charge in [-0.2, -0.15) is 0 Å². The molecule has 0 aliphatic carbocycles. The molecule has 1 aromatic heterocycles. The molecule has 0 spiro atoms. The monoisotopic (exact) mass is 474 g/mol. The number of aromatic nitrogens is 3. The summed E-state index contributed by atoms with van der Waals surface area (Å²) in [6.07, 6.45) is 0. The largest absolute Gasteiger partial charge is 0.507 e. The Hall–Kier alpha value is -3.75. The molecule has 9 heteroatoms. The van der Waals surface area contributed by atoms with E-state index >= 15 is 0 Å². The number of nitrogens with zero attached hydrogens (tertiary/aromatic N) is 4. The highest BCUT2D eigenvalue weighted by Gasteiger charge is 2.18. The fourth-order valence-corrected chi connectivity index (χ4v) is 4.21. The minimum absolute atomic E-state index is 0.0360. The number of hydrogen-bond acceptors (Lipinski definition) is 7. The molecule has 1 amide bonds. The zero-order valence-corrected chi connectivity index (χ0v) is 19.3. The van der Waals surface area contributed by atoms with Gasteiger partial charge in [-0.3, -0.25) is 4.79 Å².